The monoisotopic (exact) mass is 278 g/mol. The molecule has 1 saturated heterocycles. The molecule has 0 radical (unpaired) electrons. The average Bonchev–Trinajstić information content (AvgIpc) is 2.68. The van der Waals surface area contributed by atoms with Crippen LogP contribution in [0, 0.1) is 11.8 Å². The van der Waals surface area contributed by atoms with Crippen LogP contribution in [0.4, 0.5) is 0 Å². The Morgan fingerprint density at radius 3 is 2.41 bits per heavy atom. The summed E-state index contributed by atoms with van der Waals surface area (Å²) in [6.45, 7) is 4.58. The first-order valence-electron chi connectivity index (χ1n) is 6.26. The molecule has 1 heterocycles. The first kappa shape index (κ1) is 15.1. The van der Waals surface area contributed by atoms with E-state index in [2.05, 4.69) is 24.5 Å². The van der Waals surface area contributed by atoms with Crippen LogP contribution in [0.15, 0.2) is 0 Å². The molecule has 0 spiro atoms. The predicted octanol–water partition coefficient (Wildman–Crippen LogP) is 2.01. The van der Waals surface area contributed by atoms with E-state index in [1.165, 1.54) is 6.42 Å². The molecule has 1 aliphatic carbocycles. The van der Waals surface area contributed by atoms with Crippen LogP contribution in [-0.2, 0) is 4.79 Å². The Labute approximate surface area is 114 Å². The summed E-state index contributed by atoms with van der Waals surface area (Å²) in [5.74, 6) is 3.54. The zero-order chi connectivity index (χ0) is 11.5. The smallest absolute Gasteiger partial charge is 0.238 e. The van der Waals surface area contributed by atoms with Gasteiger partial charge in [-0.05, 0) is 31.1 Å². The van der Waals surface area contributed by atoms with Crippen LogP contribution >= 0.6 is 24.2 Å². The van der Waals surface area contributed by atoms with Gasteiger partial charge in [0.05, 0.1) is 6.04 Å². The number of carbonyl (C=O) groups is 1. The van der Waals surface area contributed by atoms with Gasteiger partial charge < -0.3 is 5.32 Å². The van der Waals surface area contributed by atoms with Crippen LogP contribution in [-0.4, -0.2) is 29.6 Å². The highest BCUT2D eigenvalue weighted by atomic mass is 35.5. The van der Waals surface area contributed by atoms with Crippen molar-refractivity contribution < 1.29 is 4.79 Å². The van der Waals surface area contributed by atoms with Gasteiger partial charge in [0.25, 0.3) is 0 Å². The second kappa shape index (κ2) is 6.86. The van der Waals surface area contributed by atoms with Crippen LogP contribution in [0.25, 0.3) is 0 Å². The summed E-state index contributed by atoms with van der Waals surface area (Å²) in [6.07, 6.45) is 3.61. The normalized spacial score (nSPS) is 37.3. The van der Waals surface area contributed by atoms with Crippen molar-refractivity contribution in [1.29, 1.82) is 0 Å². The zero-order valence-corrected chi connectivity index (χ0v) is 12.2. The van der Waals surface area contributed by atoms with Crippen molar-refractivity contribution in [3.63, 3.8) is 0 Å². The van der Waals surface area contributed by atoms with E-state index in [0.29, 0.717) is 6.04 Å². The number of carbonyl (C=O) groups excluding carboxylic acids is 1. The Morgan fingerprint density at radius 1 is 1.24 bits per heavy atom. The molecule has 2 rings (SSSR count). The standard InChI is InChI=1S/C12H22N2OS.ClH/c1-8-3-9(2)5-10(4-8)14-12(15)11-6-16-7-13-11;/h8-11,13H,3-7H2,1-2H3,(H,14,15);1H. The molecule has 3 unspecified atom stereocenters. The molecule has 1 aliphatic heterocycles. The van der Waals surface area contributed by atoms with Crippen LogP contribution in [0.5, 0.6) is 0 Å². The van der Waals surface area contributed by atoms with Gasteiger partial charge in [0.1, 0.15) is 0 Å². The van der Waals surface area contributed by atoms with Crippen molar-refractivity contribution in [3.05, 3.63) is 0 Å². The lowest BCUT2D eigenvalue weighted by Gasteiger charge is -2.32. The van der Waals surface area contributed by atoms with Crippen LogP contribution in [0.2, 0.25) is 0 Å². The molecule has 0 aromatic heterocycles. The molecule has 3 atom stereocenters. The Bertz CT molecular complexity index is 249. The van der Waals surface area contributed by atoms with Crippen LogP contribution in [0.3, 0.4) is 0 Å². The third-order valence-corrected chi connectivity index (χ3v) is 4.50. The lowest BCUT2D eigenvalue weighted by atomic mass is 9.80. The van der Waals surface area contributed by atoms with Gasteiger partial charge in [-0.15, -0.1) is 24.2 Å². The van der Waals surface area contributed by atoms with Crippen molar-refractivity contribution >= 4 is 30.1 Å². The average molecular weight is 279 g/mol. The zero-order valence-electron chi connectivity index (χ0n) is 10.6. The highest BCUT2D eigenvalue weighted by molar-refractivity contribution is 7.99. The fourth-order valence-electron chi connectivity index (χ4n) is 2.93. The van der Waals surface area contributed by atoms with Crippen molar-refractivity contribution in [1.82, 2.24) is 10.6 Å². The second-order valence-corrected chi connectivity index (χ2v) is 6.43. The first-order valence-corrected chi connectivity index (χ1v) is 7.42. The van der Waals surface area contributed by atoms with Crippen LogP contribution in [0.1, 0.15) is 33.1 Å². The topological polar surface area (TPSA) is 41.1 Å². The molecule has 2 aliphatic rings. The number of halogens is 1. The third-order valence-electron chi connectivity index (χ3n) is 3.56. The Hall–Kier alpha value is 0.0700. The molecule has 2 fully saturated rings. The maximum Gasteiger partial charge on any atom is 0.238 e. The lowest BCUT2D eigenvalue weighted by Crippen LogP contribution is -2.48. The lowest BCUT2D eigenvalue weighted by molar-refractivity contribution is -0.123. The maximum absolute atomic E-state index is 11.9. The number of hydrogen-bond acceptors (Lipinski definition) is 3. The highest BCUT2D eigenvalue weighted by Crippen LogP contribution is 2.28. The van der Waals surface area contributed by atoms with Crippen molar-refractivity contribution in [2.24, 2.45) is 11.8 Å². The van der Waals surface area contributed by atoms with Gasteiger partial charge in [0.2, 0.25) is 5.91 Å². The van der Waals surface area contributed by atoms with E-state index in [0.717, 1.165) is 36.3 Å². The van der Waals surface area contributed by atoms with Gasteiger partial charge >= 0.3 is 0 Å². The quantitative estimate of drug-likeness (QED) is 0.812. The van der Waals surface area contributed by atoms with Crippen LogP contribution < -0.4 is 10.6 Å². The summed E-state index contributed by atoms with van der Waals surface area (Å²) in [4.78, 5) is 11.9. The summed E-state index contributed by atoms with van der Waals surface area (Å²) in [5, 5.41) is 6.43. The minimum Gasteiger partial charge on any atom is -0.352 e. The number of hydrogen-bond donors (Lipinski definition) is 2. The van der Waals surface area contributed by atoms with E-state index in [1.807, 2.05) is 0 Å². The fraction of sp³-hybridized carbons (Fsp3) is 0.917. The Morgan fingerprint density at radius 2 is 1.88 bits per heavy atom. The molecule has 17 heavy (non-hydrogen) atoms. The summed E-state index contributed by atoms with van der Waals surface area (Å²) in [7, 11) is 0. The number of thioether (sulfide) groups is 1. The van der Waals surface area contributed by atoms with Gasteiger partial charge in [-0.25, -0.2) is 0 Å². The van der Waals surface area contributed by atoms with Gasteiger partial charge in [0, 0.05) is 17.7 Å². The van der Waals surface area contributed by atoms with E-state index in [9.17, 15) is 4.79 Å². The fourth-order valence-corrected chi connectivity index (χ4v) is 3.87. The van der Waals surface area contributed by atoms with Crippen molar-refractivity contribution in [3.8, 4) is 0 Å². The van der Waals surface area contributed by atoms with Crippen molar-refractivity contribution in [2.45, 2.75) is 45.2 Å². The summed E-state index contributed by atoms with van der Waals surface area (Å²) in [5.41, 5.74) is 0. The molecule has 3 nitrogen and oxygen atoms in total. The molecular formula is C12H23ClN2OS. The molecule has 0 bridgehead atoms. The SMILES string of the molecule is CC1CC(C)CC(NC(=O)C2CSCN2)C1.Cl. The molecule has 1 saturated carbocycles. The maximum atomic E-state index is 11.9. The molecule has 1 amide bonds. The summed E-state index contributed by atoms with van der Waals surface area (Å²) >= 11 is 1.80. The Kier molecular flexibility index (Phi) is 6.10. The number of amides is 1. The summed E-state index contributed by atoms with van der Waals surface area (Å²) < 4.78 is 0. The van der Waals surface area contributed by atoms with Crippen molar-refractivity contribution in [2.75, 3.05) is 11.6 Å². The Balaban J connectivity index is 0.00000144. The van der Waals surface area contributed by atoms with E-state index in [1.54, 1.807) is 11.8 Å². The molecule has 5 heteroatoms. The molecular weight excluding hydrogens is 256 g/mol. The molecule has 2 N–H and O–H groups in total. The predicted molar refractivity (Wildman–Crippen MR) is 75.6 cm³/mol. The summed E-state index contributed by atoms with van der Waals surface area (Å²) in [6, 6.07) is 0.441. The van der Waals surface area contributed by atoms with Gasteiger partial charge in [0.15, 0.2) is 0 Å². The molecule has 100 valence electrons. The van der Waals surface area contributed by atoms with E-state index in [4.69, 9.17) is 0 Å². The molecule has 0 aromatic rings. The second-order valence-electron chi connectivity index (χ2n) is 5.39. The largest absolute Gasteiger partial charge is 0.352 e. The number of rotatable bonds is 2. The van der Waals surface area contributed by atoms with Gasteiger partial charge in [-0.3, -0.25) is 10.1 Å². The molecule has 0 aromatic carbocycles. The minimum atomic E-state index is 0. The van der Waals surface area contributed by atoms with Gasteiger partial charge in [-0.2, -0.15) is 0 Å². The first-order chi connectivity index (χ1) is 7.65. The third kappa shape index (κ3) is 4.34. The highest BCUT2D eigenvalue weighted by Gasteiger charge is 2.28. The van der Waals surface area contributed by atoms with E-state index >= 15 is 0 Å². The van der Waals surface area contributed by atoms with E-state index < -0.39 is 0 Å². The van der Waals surface area contributed by atoms with Gasteiger partial charge in [-0.1, -0.05) is 13.8 Å². The number of nitrogens with one attached hydrogen (secondary N) is 2. The van der Waals surface area contributed by atoms with E-state index in [-0.39, 0.29) is 24.4 Å². The minimum absolute atomic E-state index is 0.